The van der Waals surface area contributed by atoms with Crippen molar-refractivity contribution in [3.63, 3.8) is 0 Å². The number of nitrogens with zero attached hydrogens (tertiary/aromatic N) is 4. The highest BCUT2D eigenvalue weighted by molar-refractivity contribution is 6.76. The lowest BCUT2D eigenvalue weighted by atomic mass is 10.2. The Morgan fingerprint density at radius 1 is 1.18 bits per heavy atom. The van der Waals surface area contributed by atoms with Crippen LogP contribution in [0.2, 0.25) is 25.7 Å². The van der Waals surface area contributed by atoms with Crippen molar-refractivity contribution in [3.8, 4) is 11.6 Å². The second-order valence-corrected chi connectivity index (χ2v) is 13.8. The first kappa shape index (κ1) is 18.4. The van der Waals surface area contributed by atoms with Crippen molar-refractivity contribution in [1.29, 1.82) is 0 Å². The lowest BCUT2D eigenvalue weighted by Gasteiger charge is -2.15. The van der Waals surface area contributed by atoms with Gasteiger partial charge in [-0.15, -0.1) is 5.10 Å². The van der Waals surface area contributed by atoms with E-state index in [0.717, 1.165) is 40.0 Å². The summed E-state index contributed by atoms with van der Waals surface area (Å²) in [4.78, 5) is 16.1. The minimum Gasteiger partial charge on any atom is -0.476 e. The zero-order valence-electron chi connectivity index (χ0n) is 16.6. The summed E-state index contributed by atoms with van der Waals surface area (Å²) in [5, 5.41) is 6.42. The standard InChI is InChI=1S/C21H24N4O2Si/c1-24-19-8-7-16(13-18(19)21(23-24)27-10-11-28(2,3)4)25-17(14-26)12-15-6-5-9-22-20(15)25/h5-9,12-14H,10-11H2,1-4H3. The largest absolute Gasteiger partial charge is 0.476 e. The minimum atomic E-state index is -1.18. The molecule has 3 aromatic heterocycles. The molecule has 7 heteroatoms. The fraction of sp³-hybridized carbons (Fsp3) is 0.286. The Morgan fingerprint density at radius 2 is 2.00 bits per heavy atom. The summed E-state index contributed by atoms with van der Waals surface area (Å²) in [5.41, 5.74) is 3.18. The number of carbonyl (C=O) groups is 1. The number of aldehydes is 1. The highest BCUT2D eigenvalue weighted by atomic mass is 28.3. The first-order valence-corrected chi connectivity index (χ1v) is 13.1. The average molecular weight is 393 g/mol. The number of benzene rings is 1. The van der Waals surface area contributed by atoms with Crippen LogP contribution >= 0.6 is 0 Å². The summed E-state index contributed by atoms with van der Waals surface area (Å²) in [6, 6.07) is 12.8. The van der Waals surface area contributed by atoms with Crippen LogP contribution in [0, 0.1) is 0 Å². The number of pyridine rings is 1. The van der Waals surface area contributed by atoms with E-state index < -0.39 is 8.07 Å². The molecule has 0 saturated heterocycles. The van der Waals surface area contributed by atoms with Crippen LogP contribution in [0.3, 0.4) is 0 Å². The Hall–Kier alpha value is -2.93. The SMILES string of the molecule is Cn1nc(OCC[Si](C)(C)C)c2cc(-n3c(C=O)cc4cccnc43)ccc21. The molecule has 0 aliphatic rings. The normalized spacial score (nSPS) is 12.0. The van der Waals surface area contributed by atoms with Crippen molar-refractivity contribution >= 4 is 36.3 Å². The van der Waals surface area contributed by atoms with E-state index in [9.17, 15) is 4.79 Å². The predicted octanol–water partition coefficient (Wildman–Crippen LogP) is 4.44. The van der Waals surface area contributed by atoms with Gasteiger partial charge in [0.1, 0.15) is 5.65 Å². The zero-order valence-corrected chi connectivity index (χ0v) is 17.6. The van der Waals surface area contributed by atoms with Gasteiger partial charge in [-0.1, -0.05) is 19.6 Å². The molecule has 0 unspecified atom stereocenters. The number of fused-ring (bicyclic) bond motifs is 2. The van der Waals surface area contributed by atoms with Gasteiger partial charge in [-0.3, -0.25) is 14.0 Å². The third-order valence-electron chi connectivity index (χ3n) is 4.86. The fourth-order valence-corrected chi connectivity index (χ4v) is 4.05. The van der Waals surface area contributed by atoms with E-state index in [-0.39, 0.29) is 0 Å². The molecule has 6 nitrogen and oxygen atoms in total. The Morgan fingerprint density at radius 3 is 2.75 bits per heavy atom. The molecule has 4 rings (SSSR count). The van der Waals surface area contributed by atoms with Crippen molar-refractivity contribution in [1.82, 2.24) is 19.3 Å². The van der Waals surface area contributed by atoms with E-state index >= 15 is 0 Å². The van der Waals surface area contributed by atoms with Gasteiger partial charge < -0.3 is 4.74 Å². The van der Waals surface area contributed by atoms with Crippen LogP contribution in [0.5, 0.6) is 5.88 Å². The third-order valence-corrected chi connectivity index (χ3v) is 6.56. The number of hydrogen-bond donors (Lipinski definition) is 0. The molecule has 144 valence electrons. The van der Waals surface area contributed by atoms with Crippen molar-refractivity contribution < 1.29 is 9.53 Å². The van der Waals surface area contributed by atoms with E-state index in [0.29, 0.717) is 18.2 Å². The highest BCUT2D eigenvalue weighted by Crippen LogP contribution is 2.30. The number of ether oxygens (including phenoxy) is 1. The summed E-state index contributed by atoms with van der Waals surface area (Å²) in [6.45, 7) is 7.65. The molecule has 0 bridgehead atoms. The van der Waals surface area contributed by atoms with Crippen molar-refractivity contribution in [2.45, 2.75) is 25.7 Å². The van der Waals surface area contributed by atoms with Crippen LogP contribution in [0.4, 0.5) is 0 Å². The summed E-state index contributed by atoms with van der Waals surface area (Å²) < 4.78 is 9.75. The first-order chi connectivity index (χ1) is 13.4. The van der Waals surface area contributed by atoms with E-state index in [1.807, 2.05) is 52.7 Å². The lowest BCUT2D eigenvalue weighted by molar-refractivity contribution is 0.111. The van der Waals surface area contributed by atoms with Crippen molar-refractivity contribution in [3.05, 3.63) is 48.3 Å². The third kappa shape index (κ3) is 3.33. The lowest BCUT2D eigenvalue weighted by Crippen LogP contribution is -2.22. The second-order valence-electron chi connectivity index (χ2n) is 8.23. The molecular formula is C21H24N4O2Si. The monoisotopic (exact) mass is 392 g/mol. The number of hydrogen-bond acceptors (Lipinski definition) is 4. The van der Waals surface area contributed by atoms with Gasteiger partial charge in [0.2, 0.25) is 5.88 Å². The molecule has 0 fully saturated rings. The Bertz CT molecular complexity index is 1170. The van der Waals surface area contributed by atoms with Gasteiger partial charge in [-0.25, -0.2) is 4.98 Å². The molecular weight excluding hydrogens is 368 g/mol. The average Bonchev–Trinajstić information content (AvgIpc) is 3.18. The first-order valence-electron chi connectivity index (χ1n) is 9.39. The zero-order chi connectivity index (χ0) is 19.9. The van der Waals surface area contributed by atoms with Crippen LogP contribution < -0.4 is 4.74 Å². The molecule has 1 aromatic carbocycles. The molecule has 0 atom stereocenters. The molecule has 0 N–H and O–H groups in total. The maximum absolute atomic E-state index is 11.7. The summed E-state index contributed by atoms with van der Waals surface area (Å²) in [5.74, 6) is 0.634. The minimum absolute atomic E-state index is 0.568. The second kappa shape index (κ2) is 6.90. The van der Waals surface area contributed by atoms with E-state index in [1.165, 1.54) is 0 Å². The van der Waals surface area contributed by atoms with Crippen LogP contribution in [-0.2, 0) is 7.05 Å². The molecule has 0 saturated carbocycles. The van der Waals surface area contributed by atoms with Gasteiger partial charge in [0.05, 0.1) is 23.2 Å². The smallest absolute Gasteiger partial charge is 0.240 e. The summed E-state index contributed by atoms with van der Waals surface area (Å²) in [6.07, 6.45) is 2.60. The van der Waals surface area contributed by atoms with Crippen molar-refractivity contribution in [2.75, 3.05) is 6.61 Å². The Labute approximate surface area is 164 Å². The molecule has 3 heterocycles. The molecule has 0 aliphatic heterocycles. The number of rotatable bonds is 6. The fourth-order valence-electron chi connectivity index (χ4n) is 3.33. The summed E-state index contributed by atoms with van der Waals surface area (Å²) >= 11 is 0. The van der Waals surface area contributed by atoms with Crippen LogP contribution in [0.1, 0.15) is 10.5 Å². The molecule has 28 heavy (non-hydrogen) atoms. The van der Waals surface area contributed by atoms with Gasteiger partial charge in [-0.05, 0) is 42.4 Å². The molecule has 0 aliphatic carbocycles. The Kier molecular flexibility index (Phi) is 4.54. The van der Waals surface area contributed by atoms with Gasteiger partial charge in [0.25, 0.3) is 0 Å². The molecule has 0 amide bonds. The topological polar surface area (TPSA) is 61.9 Å². The molecule has 4 aromatic rings. The quantitative estimate of drug-likeness (QED) is 0.359. The number of carbonyl (C=O) groups excluding carboxylic acids is 1. The van der Waals surface area contributed by atoms with Crippen molar-refractivity contribution in [2.24, 2.45) is 7.05 Å². The predicted molar refractivity (Wildman–Crippen MR) is 114 cm³/mol. The molecule has 0 spiro atoms. The molecule has 0 radical (unpaired) electrons. The van der Waals surface area contributed by atoms with Gasteiger partial charge in [0, 0.05) is 32.4 Å². The number of aromatic nitrogens is 4. The maximum atomic E-state index is 11.7. The highest BCUT2D eigenvalue weighted by Gasteiger charge is 2.17. The van der Waals surface area contributed by atoms with Crippen LogP contribution in [0.25, 0.3) is 27.6 Å². The van der Waals surface area contributed by atoms with Crippen LogP contribution in [-0.4, -0.2) is 40.3 Å². The van der Waals surface area contributed by atoms with E-state index in [2.05, 4.69) is 29.7 Å². The maximum Gasteiger partial charge on any atom is 0.240 e. The van der Waals surface area contributed by atoms with Gasteiger partial charge in [0.15, 0.2) is 6.29 Å². The Balaban J connectivity index is 1.80. The van der Waals surface area contributed by atoms with E-state index in [4.69, 9.17) is 4.74 Å². The summed E-state index contributed by atoms with van der Waals surface area (Å²) in [7, 11) is 0.734. The van der Waals surface area contributed by atoms with Gasteiger partial charge >= 0.3 is 0 Å². The van der Waals surface area contributed by atoms with E-state index in [1.54, 1.807) is 6.20 Å². The van der Waals surface area contributed by atoms with Gasteiger partial charge in [-0.2, -0.15) is 0 Å². The van der Waals surface area contributed by atoms with Crippen LogP contribution in [0.15, 0.2) is 42.6 Å². The number of aryl methyl sites for hydroxylation is 1.